The molecule has 3 amide bonds. The van der Waals surface area contributed by atoms with Gasteiger partial charge in [0.25, 0.3) is 0 Å². The number of hydrogen-bond acceptors (Lipinski definition) is 6. The van der Waals surface area contributed by atoms with Crippen LogP contribution in [0.15, 0.2) is 30.3 Å². The third kappa shape index (κ3) is 9.59. The molecule has 0 saturated heterocycles. The summed E-state index contributed by atoms with van der Waals surface area (Å²) in [6.45, 7) is 6.23. The second kappa shape index (κ2) is 11.0. The van der Waals surface area contributed by atoms with Crippen molar-refractivity contribution < 1.29 is 28.7 Å². The molecule has 9 nitrogen and oxygen atoms in total. The molecule has 0 fully saturated rings. The first kappa shape index (κ1) is 23.9. The summed E-state index contributed by atoms with van der Waals surface area (Å²) < 4.78 is 9.66. The van der Waals surface area contributed by atoms with E-state index in [4.69, 9.17) is 4.74 Å². The monoisotopic (exact) mass is 407 g/mol. The zero-order valence-electron chi connectivity index (χ0n) is 17.4. The van der Waals surface area contributed by atoms with Gasteiger partial charge < -0.3 is 25.4 Å². The van der Waals surface area contributed by atoms with Crippen molar-refractivity contribution >= 4 is 23.9 Å². The molecule has 0 aliphatic carbocycles. The molecule has 0 saturated carbocycles. The number of carbonyl (C=O) groups excluding carboxylic acids is 4. The largest absolute Gasteiger partial charge is 0.467 e. The molecule has 3 N–H and O–H groups in total. The molecule has 0 heterocycles. The van der Waals surface area contributed by atoms with Crippen molar-refractivity contribution in [1.82, 2.24) is 16.0 Å². The van der Waals surface area contributed by atoms with Gasteiger partial charge >= 0.3 is 12.1 Å². The standard InChI is InChI=1S/C20H29N3O6/c1-13(18(26)28-5)22-17(25)15(11-14-9-7-6-8-10-14)23-16(24)12-21-19(27)29-20(2,3)4/h6-10,13,15H,11-12H2,1-5H3,(H,21,27)(H,22,25)(H,23,24)/t13-,15+/m0/s1. The molecule has 1 aromatic carbocycles. The van der Waals surface area contributed by atoms with Crippen molar-refractivity contribution in [1.29, 1.82) is 0 Å². The number of carbonyl (C=O) groups is 4. The fraction of sp³-hybridized carbons (Fsp3) is 0.500. The Morgan fingerprint density at radius 2 is 1.66 bits per heavy atom. The molecule has 0 aliphatic rings. The van der Waals surface area contributed by atoms with E-state index in [1.165, 1.54) is 14.0 Å². The van der Waals surface area contributed by atoms with Crippen LogP contribution in [0.1, 0.15) is 33.3 Å². The molecule has 0 unspecified atom stereocenters. The van der Waals surface area contributed by atoms with Gasteiger partial charge in [0.15, 0.2) is 0 Å². The molecule has 0 aromatic heterocycles. The summed E-state index contributed by atoms with van der Waals surface area (Å²) in [5.41, 5.74) is 0.124. The highest BCUT2D eigenvalue weighted by Crippen LogP contribution is 2.06. The Morgan fingerprint density at radius 3 is 2.21 bits per heavy atom. The van der Waals surface area contributed by atoms with E-state index in [1.54, 1.807) is 20.8 Å². The van der Waals surface area contributed by atoms with Crippen LogP contribution in [0, 0.1) is 0 Å². The lowest BCUT2D eigenvalue weighted by Gasteiger charge is -2.22. The van der Waals surface area contributed by atoms with E-state index in [9.17, 15) is 19.2 Å². The predicted molar refractivity (Wildman–Crippen MR) is 106 cm³/mol. The van der Waals surface area contributed by atoms with Gasteiger partial charge in [-0.1, -0.05) is 30.3 Å². The number of rotatable bonds is 8. The molecule has 0 aliphatic heterocycles. The molecular weight excluding hydrogens is 378 g/mol. The molecule has 9 heteroatoms. The molecule has 0 spiro atoms. The van der Waals surface area contributed by atoms with E-state index >= 15 is 0 Å². The average Bonchev–Trinajstić information content (AvgIpc) is 2.64. The normalized spacial score (nSPS) is 12.9. The minimum Gasteiger partial charge on any atom is -0.467 e. The SMILES string of the molecule is COC(=O)[C@H](C)NC(=O)[C@@H](Cc1ccccc1)NC(=O)CNC(=O)OC(C)(C)C. The first-order valence-corrected chi connectivity index (χ1v) is 9.20. The van der Waals surface area contributed by atoms with Crippen LogP contribution < -0.4 is 16.0 Å². The number of alkyl carbamates (subject to hydrolysis) is 1. The van der Waals surface area contributed by atoms with Crippen LogP contribution >= 0.6 is 0 Å². The summed E-state index contributed by atoms with van der Waals surface area (Å²) in [6, 6.07) is 7.27. The van der Waals surface area contributed by atoms with Gasteiger partial charge in [0.1, 0.15) is 24.2 Å². The lowest BCUT2D eigenvalue weighted by Crippen LogP contribution is -2.53. The van der Waals surface area contributed by atoms with Crippen molar-refractivity contribution in [3.05, 3.63) is 35.9 Å². The Kier molecular flexibility index (Phi) is 9.11. The average molecular weight is 407 g/mol. The van der Waals surface area contributed by atoms with Crippen molar-refractivity contribution in [2.45, 2.75) is 51.8 Å². The fourth-order valence-electron chi connectivity index (χ4n) is 2.32. The Balaban J connectivity index is 2.75. The number of esters is 1. The summed E-state index contributed by atoms with van der Waals surface area (Å²) in [6.07, 6.45) is -0.533. The van der Waals surface area contributed by atoms with Gasteiger partial charge in [-0.2, -0.15) is 0 Å². The van der Waals surface area contributed by atoms with E-state index in [-0.39, 0.29) is 13.0 Å². The Morgan fingerprint density at radius 1 is 1.03 bits per heavy atom. The third-order valence-electron chi connectivity index (χ3n) is 3.64. The lowest BCUT2D eigenvalue weighted by molar-refractivity contribution is -0.144. The molecule has 2 atom stereocenters. The molecule has 0 bridgehead atoms. The minimum atomic E-state index is -0.947. The first-order chi connectivity index (χ1) is 13.5. The fourth-order valence-corrected chi connectivity index (χ4v) is 2.32. The Labute approximate surface area is 170 Å². The summed E-state index contributed by atoms with van der Waals surface area (Å²) in [7, 11) is 1.22. The summed E-state index contributed by atoms with van der Waals surface area (Å²) >= 11 is 0. The second-order valence-electron chi connectivity index (χ2n) is 7.42. The quantitative estimate of drug-likeness (QED) is 0.551. The van der Waals surface area contributed by atoms with Crippen molar-refractivity contribution in [2.24, 2.45) is 0 Å². The number of methoxy groups -OCH3 is 1. The molecule has 1 rings (SSSR count). The molecule has 1 aromatic rings. The van der Waals surface area contributed by atoms with Crippen LogP contribution in [-0.2, 0) is 30.3 Å². The zero-order valence-corrected chi connectivity index (χ0v) is 17.4. The van der Waals surface area contributed by atoms with E-state index in [1.807, 2.05) is 30.3 Å². The Bertz CT molecular complexity index is 715. The topological polar surface area (TPSA) is 123 Å². The summed E-state index contributed by atoms with van der Waals surface area (Å²) in [5.74, 6) is -1.72. The predicted octanol–water partition coefficient (Wildman–Crippen LogP) is 0.916. The zero-order chi connectivity index (χ0) is 22.0. The van der Waals surface area contributed by atoms with Crippen LogP contribution in [-0.4, -0.2) is 55.2 Å². The summed E-state index contributed by atoms with van der Waals surface area (Å²) in [4.78, 5) is 48.1. The van der Waals surface area contributed by atoms with Gasteiger partial charge in [-0.15, -0.1) is 0 Å². The van der Waals surface area contributed by atoms with Crippen LogP contribution in [0.25, 0.3) is 0 Å². The highest BCUT2D eigenvalue weighted by Gasteiger charge is 2.25. The van der Waals surface area contributed by atoms with Gasteiger partial charge in [0.05, 0.1) is 7.11 Å². The summed E-state index contributed by atoms with van der Waals surface area (Å²) in [5, 5.41) is 7.42. The first-order valence-electron chi connectivity index (χ1n) is 9.20. The number of amides is 3. The van der Waals surface area contributed by atoms with Crippen molar-refractivity contribution in [2.75, 3.05) is 13.7 Å². The van der Waals surface area contributed by atoms with Gasteiger partial charge in [0.2, 0.25) is 11.8 Å². The third-order valence-corrected chi connectivity index (χ3v) is 3.64. The maximum Gasteiger partial charge on any atom is 0.408 e. The number of hydrogen-bond donors (Lipinski definition) is 3. The van der Waals surface area contributed by atoms with E-state index in [2.05, 4.69) is 20.7 Å². The molecule has 160 valence electrons. The van der Waals surface area contributed by atoms with Gasteiger partial charge in [-0.3, -0.25) is 9.59 Å². The number of benzene rings is 1. The van der Waals surface area contributed by atoms with E-state index in [0.29, 0.717) is 0 Å². The second-order valence-corrected chi connectivity index (χ2v) is 7.42. The van der Waals surface area contributed by atoms with Gasteiger partial charge in [-0.25, -0.2) is 9.59 Å². The van der Waals surface area contributed by atoms with Crippen LogP contribution in [0.5, 0.6) is 0 Å². The van der Waals surface area contributed by atoms with Crippen molar-refractivity contribution in [3.8, 4) is 0 Å². The maximum atomic E-state index is 12.6. The highest BCUT2D eigenvalue weighted by molar-refractivity contribution is 5.91. The Hall–Kier alpha value is -3.10. The number of ether oxygens (including phenoxy) is 2. The van der Waals surface area contributed by atoms with Crippen molar-refractivity contribution in [3.63, 3.8) is 0 Å². The van der Waals surface area contributed by atoms with E-state index < -0.39 is 41.6 Å². The highest BCUT2D eigenvalue weighted by atomic mass is 16.6. The van der Waals surface area contributed by atoms with Gasteiger partial charge in [0, 0.05) is 6.42 Å². The van der Waals surface area contributed by atoms with Crippen LogP contribution in [0.2, 0.25) is 0 Å². The molecular formula is C20H29N3O6. The lowest BCUT2D eigenvalue weighted by atomic mass is 10.0. The van der Waals surface area contributed by atoms with Crippen LogP contribution in [0.3, 0.4) is 0 Å². The minimum absolute atomic E-state index is 0.207. The van der Waals surface area contributed by atoms with E-state index in [0.717, 1.165) is 5.56 Å². The van der Waals surface area contributed by atoms with Gasteiger partial charge in [-0.05, 0) is 33.3 Å². The van der Waals surface area contributed by atoms with Crippen LogP contribution in [0.4, 0.5) is 4.79 Å². The molecule has 29 heavy (non-hydrogen) atoms. The number of nitrogens with one attached hydrogen (secondary N) is 3. The maximum absolute atomic E-state index is 12.6. The smallest absolute Gasteiger partial charge is 0.408 e. The molecule has 0 radical (unpaired) electrons.